The first-order valence-corrected chi connectivity index (χ1v) is 12.2. The predicted molar refractivity (Wildman–Crippen MR) is 150 cm³/mol. The molecule has 0 aliphatic carbocycles. The molecule has 4 heteroatoms. The van der Waals surface area contributed by atoms with Crippen LogP contribution in [-0.4, -0.2) is 29.8 Å². The van der Waals surface area contributed by atoms with Gasteiger partial charge in [-0.2, -0.15) is 0 Å². The Labute approximate surface area is 211 Å². The summed E-state index contributed by atoms with van der Waals surface area (Å²) in [5.41, 5.74) is 7.56. The van der Waals surface area contributed by atoms with Crippen LogP contribution in [0.1, 0.15) is 11.6 Å². The average molecular weight is 467 g/mol. The van der Waals surface area contributed by atoms with Gasteiger partial charge in [0.05, 0.1) is 17.9 Å². The number of hydrogen-bond donors (Lipinski definition) is 0. The lowest BCUT2D eigenvalue weighted by Crippen LogP contribution is -2.09. The molecule has 5 aromatic rings. The fourth-order valence-electron chi connectivity index (χ4n) is 4.65. The summed E-state index contributed by atoms with van der Waals surface area (Å²) in [5.74, 6) is 0.170. The van der Waals surface area contributed by atoms with Crippen molar-refractivity contribution in [3.05, 3.63) is 121 Å². The maximum atomic E-state index is 4.99. The molecule has 0 bridgehead atoms. The smallest absolute Gasteiger partial charge is 0.0727 e. The highest BCUT2D eigenvalue weighted by atomic mass is 15.1. The third-order valence-corrected chi connectivity index (χ3v) is 6.73. The van der Waals surface area contributed by atoms with Crippen molar-refractivity contribution in [3.63, 3.8) is 0 Å². The van der Waals surface area contributed by atoms with E-state index < -0.39 is 0 Å². The molecular formula is C32H26N4. The van der Waals surface area contributed by atoms with Gasteiger partial charge in [0.1, 0.15) is 0 Å². The molecule has 0 amide bonds. The van der Waals surface area contributed by atoms with E-state index in [9.17, 15) is 0 Å². The van der Waals surface area contributed by atoms with Gasteiger partial charge in [0.15, 0.2) is 0 Å². The Bertz CT molecular complexity index is 1570. The third kappa shape index (κ3) is 4.41. The number of hydrogen-bond acceptors (Lipinski definition) is 4. The standard InChI is InChI=1S/C32H26N4/c1-36(30-15-12-23-6-2-3-7-25(23)18-30)29-13-10-24(11-14-29)28-19-31(26-8-4-16-33-21-26)35-32(20-28)27-9-5-17-34-22-27/h2-21,27H,22H2,1H3. The van der Waals surface area contributed by atoms with Crippen LogP contribution >= 0.6 is 0 Å². The first-order chi connectivity index (χ1) is 17.7. The molecule has 36 heavy (non-hydrogen) atoms. The number of fused-ring (bicyclic) bond motifs is 1. The summed E-state index contributed by atoms with van der Waals surface area (Å²) < 4.78 is 0. The molecule has 6 rings (SSSR count). The molecule has 0 saturated carbocycles. The van der Waals surface area contributed by atoms with Gasteiger partial charge >= 0.3 is 0 Å². The van der Waals surface area contributed by atoms with Crippen LogP contribution < -0.4 is 4.90 Å². The van der Waals surface area contributed by atoms with Crippen LogP contribution in [-0.2, 0) is 0 Å². The molecule has 1 aliphatic rings. The number of aromatic nitrogens is 2. The molecule has 1 atom stereocenters. The summed E-state index contributed by atoms with van der Waals surface area (Å²) in [5, 5.41) is 2.49. The Morgan fingerprint density at radius 1 is 0.750 bits per heavy atom. The van der Waals surface area contributed by atoms with Crippen LogP contribution in [0.2, 0.25) is 0 Å². The van der Waals surface area contributed by atoms with Crippen molar-refractivity contribution in [2.24, 2.45) is 4.99 Å². The van der Waals surface area contributed by atoms with Crippen molar-refractivity contribution in [3.8, 4) is 22.4 Å². The molecule has 1 unspecified atom stereocenters. The molecule has 0 N–H and O–H groups in total. The first kappa shape index (κ1) is 21.9. The van der Waals surface area contributed by atoms with E-state index in [1.165, 1.54) is 10.8 Å². The Hall–Kier alpha value is -4.57. The lowest BCUT2D eigenvalue weighted by Gasteiger charge is -2.21. The number of rotatable bonds is 5. The number of aliphatic imine (C=N–C) groups is 1. The maximum Gasteiger partial charge on any atom is 0.0727 e. The van der Waals surface area contributed by atoms with Crippen molar-refractivity contribution >= 4 is 28.4 Å². The van der Waals surface area contributed by atoms with Gasteiger partial charge in [-0.1, -0.05) is 48.5 Å². The van der Waals surface area contributed by atoms with Gasteiger partial charge in [-0.25, -0.2) is 0 Å². The highest BCUT2D eigenvalue weighted by Crippen LogP contribution is 2.32. The van der Waals surface area contributed by atoms with E-state index in [-0.39, 0.29) is 5.92 Å². The normalized spacial score (nSPS) is 14.8. The maximum absolute atomic E-state index is 4.99. The van der Waals surface area contributed by atoms with Crippen LogP contribution in [0, 0.1) is 0 Å². The predicted octanol–water partition coefficient (Wildman–Crippen LogP) is 7.46. The minimum absolute atomic E-state index is 0.170. The summed E-state index contributed by atoms with van der Waals surface area (Å²) in [6.07, 6.45) is 9.69. The average Bonchev–Trinajstić information content (AvgIpc) is 2.97. The van der Waals surface area contributed by atoms with Crippen molar-refractivity contribution in [2.75, 3.05) is 18.5 Å². The third-order valence-electron chi connectivity index (χ3n) is 6.73. The molecule has 0 saturated heterocycles. The Balaban J connectivity index is 1.34. The Kier molecular flexibility index (Phi) is 5.84. The van der Waals surface area contributed by atoms with E-state index >= 15 is 0 Å². The number of allylic oxidation sites excluding steroid dienone is 1. The van der Waals surface area contributed by atoms with E-state index in [1.54, 1.807) is 6.20 Å². The fraction of sp³-hybridized carbons (Fsp3) is 0.0938. The van der Waals surface area contributed by atoms with E-state index in [0.29, 0.717) is 0 Å². The van der Waals surface area contributed by atoms with Crippen LogP contribution in [0.25, 0.3) is 33.2 Å². The number of pyridine rings is 2. The minimum atomic E-state index is 0.170. The SMILES string of the molecule is CN(c1ccc(-c2cc(-c3cccnc3)nc(C3C=CC=NC3)c2)cc1)c1ccc2ccccc2c1. The molecule has 3 aromatic carbocycles. The van der Waals surface area contributed by atoms with E-state index in [4.69, 9.17) is 4.98 Å². The zero-order valence-electron chi connectivity index (χ0n) is 20.1. The zero-order chi connectivity index (χ0) is 24.3. The van der Waals surface area contributed by atoms with Crippen molar-refractivity contribution < 1.29 is 0 Å². The van der Waals surface area contributed by atoms with Gasteiger partial charge in [-0.15, -0.1) is 0 Å². The fourth-order valence-corrected chi connectivity index (χ4v) is 4.65. The number of dihydropyridines is 1. The molecule has 0 fully saturated rings. The Morgan fingerprint density at radius 2 is 1.58 bits per heavy atom. The van der Waals surface area contributed by atoms with Crippen molar-refractivity contribution in [1.29, 1.82) is 0 Å². The molecule has 0 radical (unpaired) electrons. The van der Waals surface area contributed by atoms with Gasteiger partial charge in [0.2, 0.25) is 0 Å². The molecule has 0 spiro atoms. The van der Waals surface area contributed by atoms with Crippen LogP contribution in [0.15, 0.2) is 121 Å². The molecule has 3 heterocycles. The summed E-state index contributed by atoms with van der Waals surface area (Å²) in [4.78, 5) is 16.0. The lowest BCUT2D eigenvalue weighted by molar-refractivity contribution is 0.813. The highest BCUT2D eigenvalue weighted by molar-refractivity contribution is 5.87. The zero-order valence-corrected chi connectivity index (χ0v) is 20.1. The summed E-state index contributed by atoms with van der Waals surface area (Å²) in [7, 11) is 2.11. The largest absolute Gasteiger partial charge is 0.345 e. The van der Waals surface area contributed by atoms with E-state index in [1.807, 2.05) is 24.6 Å². The van der Waals surface area contributed by atoms with Gasteiger partial charge in [-0.05, 0) is 76.5 Å². The molecule has 174 valence electrons. The van der Waals surface area contributed by atoms with E-state index in [0.717, 1.165) is 46.0 Å². The van der Waals surface area contributed by atoms with Crippen LogP contribution in [0.5, 0.6) is 0 Å². The number of anilines is 2. The minimum Gasteiger partial charge on any atom is -0.345 e. The van der Waals surface area contributed by atoms with Gasteiger partial charge in [-0.3, -0.25) is 15.0 Å². The van der Waals surface area contributed by atoms with Crippen LogP contribution in [0.4, 0.5) is 11.4 Å². The molecule has 1 aliphatic heterocycles. The molecule has 4 nitrogen and oxygen atoms in total. The quantitative estimate of drug-likeness (QED) is 0.270. The molecular weight excluding hydrogens is 440 g/mol. The summed E-state index contributed by atoms with van der Waals surface area (Å²) >= 11 is 0. The van der Waals surface area contributed by atoms with Gasteiger partial charge in [0, 0.05) is 48.5 Å². The second kappa shape index (κ2) is 9.59. The topological polar surface area (TPSA) is 41.4 Å². The van der Waals surface area contributed by atoms with E-state index in [2.05, 4.69) is 113 Å². The van der Waals surface area contributed by atoms with Crippen LogP contribution in [0.3, 0.4) is 0 Å². The van der Waals surface area contributed by atoms with Gasteiger partial charge < -0.3 is 4.90 Å². The number of benzene rings is 3. The van der Waals surface area contributed by atoms with Crippen molar-refractivity contribution in [1.82, 2.24) is 9.97 Å². The van der Waals surface area contributed by atoms with Crippen molar-refractivity contribution in [2.45, 2.75) is 5.92 Å². The molecule has 2 aromatic heterocycles. The number of nitrogens with zero attached hydrogens (tertiary/aromatic N) is 4. The second-order valence-electron chi connectivity index (χ2n) is 9.05. The van der Waals surface area contributed by atoms with Gasteiger partial charge in [0.25, 0.3) is 0 Å². The first-order valence-electron chi connectivity index (χ1n) is 12.2. The second-order valence-corrected chi connectivity index (χ2v) is 9.05. The lowest BCUT2D eigenvalue weighted by atomic mass is 9.96. The highest BCUT2D eigenvalue weighted by Gasteiger charge is 2.15. The monoisotopic (exact) mass is 466 g/mol. The summed E-state index contributed by atoms with van der Waals surface area (Å²) in [6.45, 7) is 0.717. The Morgan fingerprint density at radius 3 is 2.36 bits per heavy atom. The summed E-state index contributed by atoms with van der Waals surface area (Å²) in [6, 6.07) is 32.1.